The summed E-state index contributed by atoms with van der Waals surface area (Å²) in [5, 5.41) is 10.9. The van der Waals surface area contributed by atoms with Crippen molar-refractivity contribution in [3.63, 3.8) is 0 Å². The van der Waals surface area contributed by atoms with E-state index in [-0.39, 0.29) is 29.7 Å². The summed E-state index contributed by atoms with van der Waals surface area (Å²) in [4.78, 5) is 38.1. The van der Waals surface area contributed by atoms with Gasteiger partial charge in [0, 0.05) is 29.8 Å². The Hall–Kier alpha value is -3.42. The van der Waals surface area contributed by atoms with Gasteiger partial charge in [-0.25, -0.2) is 14.0 Å². The van der Waals surface area contributed by atoms with E-state index in [2.05, 4.69) is 5.32 Å². The molecule has 1 saturated heterocycles. The summed E-state index contributed by atoms with van der Waals surface area (Å²) in [5.41, 5.74) is -0.0760. The van der Waals surface area contributed by atoms with Crippen LogP contribution in [0.25, 0.3) is 0 Å². The molecule has 30 heavy (non-hydrogen) atoms. The molecule has 0 radical (unpaired) electrons. The molecule has 154 valence electrons. The van der Waals surface area contributed by atoms with Crippen molar-refractivity contribution in [2.75, 3.05) is 18.4 Å². The molecule has 1 atom stereocenters. The lowest BCUT2D eigenvalue weighted by Gasteiger charge is -2.27. The van der Waals surface area contributed by atoms with Crippen molar-refractivity contribution in [3.05, 3.63) is 65.0 Å². The molecule has 1 saturated carbocycles. The molecular weight excluding hydrogens is 391 g/mol. The highest BCUT2D eigenvalue weighted by molar-refractivity contribution is 5.96. The van der Waals surface area contributed by atoms with Crippen LogP contribution in [-0.4, -0.2) is 41.1 Å². The molecule has 2 N–H and O–H groups in total. The van der Waals surface area contributed by atoms with Crippen molar-refractivity contribution < 1.29 is 28.6 Å². The molecule has 2 fully saturated rings. The predicted octanol–water partition coefficient (Wildman–Crippen LogP) is 3.25. The van der Waals surface area contributed by atoms with Gasteiger partial charge in [-0.3, -0.25) is 10.1 Å². The molecule has 3 aliphatic rings. The number of rotatable bonds is 3. The van der Waals surface area contributed by atoms with Crippen LogP contribution < -0.4 is 5.32 Å². The van der Waals surface area contributed by atoms with E-state index in [1.165, 1.54) is 12.1 Å². The number of hydrogen-bond acceptors (Lipinski definition) is 4. The van der Waals surface area contributed by atoms with Crippen molar-refractivity contribution in [1.29, 1.82) is 0 Å². The molecule has 2 heterocycles. The van der Waals surface area contributed by atoms with Crippen LogP contribution >= 0.6 is 0 Å². The van der Waals surface area contributed by atoms with E-state index >= 15 is 0 Å². The maximum absolute atomic E-state index is 14.8. The van der Waals surface area contributed by atoms with Gasteiger partial charge < -0.3 is 14.7 Å². The Morgan fingerprint density at radius 3 is 2.57 bits per heavy atom. The zero-order chi connectivity index (χ0) is 21.1. The Morgan fingerprint density at radius 1 is 1.10 bits per heavy atom. The van der Waals surface area contributed by atoms with Crippen LogP contribution in [0.3, 0.4) is 0 Å². The number of carboxylic acid groups (broad SMARTS) is 1. The molecule has 1 aliphatic carbocycles. The van der Waals surface area contributed by atoms with Gasteiger partial charge in [0.15, 0.2) is 5.60 Å². The van der Waals surface area contributed by atoms with Crippen LogP contribution in [0, 0.1) is 5.82 Å². The normalized spacial score (nSPS) is 23.2. The first-order valence-corrected chi connectivity index (χ1v) is 9.77. The number of esters is 1. The van der Waals surface area contributed by atoms with Crippen LogP contribution in [0.15, 0.2) is 42.5 Å². The predicted molar refractivity (Wildman–Crippen MR) is 104 cm³/mol. The molecule has 0 aromatic heterocycles. The lowest BCUT2D eigenvalue weighted by Crippen LogP contribution is -2.40. The third-order valence-corrected chi connectivity index (χ3v) is 6.34. The second-order valence-electron chi connectivity index (χ2n) is 8.11. The van der Waals surface area contributed by atoms with E-state index in [4.69, 9.17) is 9.84 Å². The number of carbonyl (C=O) groups excluding carboxylic acids is 2. The number of nitrogens with zero attached hydrogens (tertiary/aromatic N) is 1. The standard InChI is InChI=1S/C22H19FN2O5/c23-17-11-13(24-20(28)29)5-6-16(17)21(7-8-21)19(27)25-10-9-22(12-25)15-4-2-1-3-14(15)18(26)30-22/h1-6,11,24H,7-10,12H2,(H,28,29). The van der Waals surface area contributed by atoms with Crippen molar-refractivity contribution in [3.8, 4) is 0 Å². The molecule has 2 aliphatic heterocycles. The van der Waals surface area contributed by atoms with Gasteiger partial charge in [0.05, 0.1) is 17.5 Å². The summed E-state index contributed by atoms with van der Waals surface area (Å²) in [5.74, 6) is -1.18. The van der Waals surface area contributed by atoms with Gasteiger partial charge >= 0.3 is 12.1 Å². The fourth-order valence-corrected chi connectivity index (χ4v) is 4.73. The van der Waals surface area contributed by atoms with Gasteiger partial charge in [0.2, 0.25) is 5.91 Å². The molecule has 1 unspecified atom stereocenters. The van der Waals surface area contributed by atoms with Gasteiger partial charge in [0.1, 0.15) is 5.82 Å². The number of halogens is 1. The number of carbonyl (C=O) groups is 3. The van der Waals surface area contributed by atoms with Crippen LogP contribution in [0.5, 0.6) is 0 Å². The summed E-state index contributed by atoms with van der Waals surface area (Å²) in [7, 11) is 0. The Kier molecular flexibility index (Phi) is 3.90. The number of hydrogen-bond donors (Lipinski definition) is 2. The van der Waals surface area contributed by atoms with E-state index in [1.54, 1.807) is 17.0 Å². The number of benzene rings is 2. The minimum Gasteiger partial charge on any atom is -0.465 e. The van der Waals surface area contributed by atoms with Crippen LogP contribution in [-0.2, 0) is 20.5 Å². The molecule has 0 bridgehead atoms. The van der Waals surface area contributed by atoms with Crippen molar-refractivity contribution in [1.82, 2.24) is 4.90 Å². The average Bonchev–Trinajstić information content (AvgIpc) is 3.32. The van der Waals surface area contributed by atoms with E-state index in [0.717, 1.165) is 11.6 Å². The highest BCUT2D eigenvalue weighted by Crippen LogP contribution is 2.52. The smallest absolute Gasteiger partial charge is 0.409 e. The van der Waals surface area contributed by atoms with E-state index in [1.807, 2.05) is 12.1 Å². The molecule has 2 aromatic rings. The molecule has 7 nitrogen and oxygen atoms in total. The molecule has 1 spiro atoms. The number of ether oxygens (including phenoxy) is 1. The monoisotopic (exact) mass is 410 g/mol. The average molecular weight is 410 g/mol. The maximum atomic E-state index is 14.8. The summed E-state index contributed by atoms with van der Waals surface area (Å²) < 4.78 is 20.5. The fourth-order valence-electron chi connectivity index (χ4n) is 4.73. The number of likely N-dealkylation sites (tertiary alicyclic amines) is 1. The van der Waals surface area contributed by atoms with Crippen LogP contribution in [0.2, 0.25) is 0 Å². The lowest BCUT2D eigenvalue weighted by atomic mass is 9.91. The quantitative estimate of drug-likeness (QED) is 0.758. The highest BCUT2D eigenvalue weighted by atomic mass is 19.1. The topological polar surface area (TPSA) is 95.9 Å². The van der Waals surface area contributed by atoms with E-state index < -0.39 is 22.9 Å². The van der Waals surface area contributed by atoms with Gasteiger partial charge in [-0.05, 0) is 31.0 Å². The van der Waals surface area contributed by atoms with Gasteiger partial charge in [-0.1, -0.05) is 24.3 Å². The SMILES string of the molecule is O=C(O)Nc1ccc(C2(C(=O)N3CCC4(C3)OC(=O)c3ccccc34)CC2)c(F)c1. The third-order valence-electron chi connectivity index (χ3n) is 6.34. The van der Waals surface area contributed by atoms with E-state index in [0.29, 0.717) is 31.4 Å². The summed E-state index contributed by atoms with van der Waals surface area (Å²) in [6.45, 7) is 0.666. The summed E-state index contributed by atoms with van der Waals surface area (Å²) in [6, 6.07) is 11.2. The lowest BCUT2D eigenvalue weighted by molar-refractivity contribution is -0.134. The summed E-state index contributed by atoms with van der Waals surface area (Å²) in [6.07, 6.45) is 0.262. The van der Waals surface area contributed by atoms with Crippen molar-refractivity contribution in [2.24, 2.45) is 0 Å². The fraction of sp³-hybridized carbons (Fsp3) is 0.318. The number of amides is 2. The largest absolute Gasteiger partial charge is 0.465 e. The molecule has 2 aromatic carbocycles. The second kappa shape index (κ2) is 6.29. The van der Waals surface area contributed by atoms with E-state index in [9.17, 15) is 18.8 Å². The zero-order valence-electron chi connectivity index (χ0n) is 16.0. The van der Waals surface area contributed by atoms with Crippen LogP contribution in [0.4, 0.5) is 14.9 Å². The molecule has 8 heteroatoms. The van der Waals surface area contributed by atoms with Crippen LogP contribution in [0.1, 0.15) is 40.7 Å². The molecule has 5 rings (SSSR count). The first-order chi connectivity index (χ1) is 14.3. The molecule has 2 amide bonds. The molecular formula is C22H19FN2O5. The Labute approximate surface area is 171 Å². The highest BCUT2D eigenvalue weighted by Gasteiger charge is 2.58. The Bertz CT molecular complexity index is 1100. The van der Waals surface area contributed by atoms with Gasteiger partial charge in [-0.15, -0.1) is 0 Å². The Balaban J connectivity index is 1.40. The van der Waals surface area contributed by atoms with Crippen molar-refractivity contribution in [2.45, 2.75) is 30.3 Å². The number of anilines is 1. The number of fused-ring (bicyclic) bond motifs is 2. The Morgan fingerprint density at radius 2 is 1.87 bits per heavy atom. The zero-order valence-corrected chi connectivity index (χ0v) is 16.0. The second-order valence-corrected chi connectivity index (χ2v) is 8.11. The maximum Gasteiger partial charge on any atom is 0.409 e. The summed E-state index contributed by atoms with van der Waals surface area (Å²) >= 11 is 0. The first kappa shape index (κ1) is 18.6. The minimum absolute atomic E-state index is 0.113. The minimum atomic E-state index is -1.28. The first-order valence-electron chi connectivity index (χ1n) is 9.77. The van der Waals surface area contributed by atoms with Crippen molar-refractivity contribution >= 4 is 23.7 Å². The third kappa shape index (κ3) is 2.67. The van der Waals surface area contributed by atoms with Gasteiger partial charge in [0.25, 0.3) is 0 Å². The van der Waals surface area contributed by atoms with Gasteiger partial charge in [-0.2, -0.15) is 0 Å². The number of nitrogens with one attached hydrogen (secondary N) is 1.